The van der Waals surface area contributed by atoms with Crippen LogP contribution in [0.15, 0.2) is 22.9 Å². The third-order valence-electron chi connectivity index (χ3n) is 2.74. The largest absolute Gasteiger partial charge is 0.384 e. The van der Waals surface area contributed by atoms with E-state index >= 15 is 0 Å². The molecule has 0 radical (unpaired) electrons. The van der Waals surface area contributed by atoms with Gasteiger partial charge >= 0.3 is 0 Å². The predicted molar refractivity (Wildman–Crippen MR) is 64.1 cm³/mol. The Morgan fingerprint density at radius 1 is 1.60 bits per heavy atom. The lowest BCUT2D eigenvalue weighted by Crippen LogP contribution is -2.21. The monoisotopic (exact) mass is 270 g/mol. The van der Waals surface area contributed by atoms with Crippen molar-refractivity contribution in [2.45, 2.75) is 6.42 Å². The van der Waals surface area contributed by atoms with E-state index in [0.717, 1.165) is 24.2 Å². The third-order valence-corrected chi connectivity index (χ3v) is 3.18. The molecule has 15 heavy (non-hydrogen) atoms. The lowest BCUT2D eigenvalue weighted by Gasteiger charge is -2.18. The van der Waals surface area contributed by atoms with Gasteiger partial charge in [0.15, 0.2) is 0 Å². The summed E-state index contributed by atoms with van der Waals surface area (Å²) in [6.07, 6.45) is 4.94. The number of nitrogens with zero attached hydrogens (tertiary/aromatic N) is 2. The lowest BCUT2D eigenvalue weighted by atomic mass is 10.1. The van der Waals surface area contributed by atoms with Gasteiger partial charge in [0.1, 0.15) is 0 Å². The highest BCUT2D eigenvalue weighted by molar-refractivity contribution is 9.10. The van der Waals surface area contributed by atoms with Gasteiger partial charge in [-0.05, 0) is 28.4 Å². The van der Waals surface area contributed by atoms with Crippen molar-refractivity contribution in [3.63, 3.8) is 0 Å². The highest BCUT2D eigenvalue weighted by atomic mass is 79.9. The minimum atomic E-state index is 0.661. The molecule has 2 heterocycles. The minimum Gasteiger partial charge on any atom is -0.384 e. The van der Waals surface area contributed by atoms with Crippen LogP contribution in [0, 0.1) is 5.92 Å². The first-order valence-electron chi connectivity index (χ1n) is 5.14. The lowest BCUT2D eigenvalue weighted by molar-refractivity contribution is 0.161. The van der Waals surface area contributed by atoms with Gasteiger partial charge in [0.2, 0.25) is 0 Å². The summed E-state index contributed by atoms with van der Waals surface area (Å²) in [4.78, 5) is 6.54. The maximum Gasteiger partial charge on any atom is 0.0564 e. The summed E-state index contributed by atoms with van der Waals surface area (Å²) in [5.74, 6) is 0.661. The molecule has 1 fully saturated rings. The Bertz CT molecular complexity index is 332. The van der Waals surface area contributed by atoms with E-state index < -0.39 is 0 Å². The van der Waals surface area contributed by atoms with E-state index in [1.807, 2.05) is 12.4 Å². The normalized spacial score (nSPS) is 20.9. The second kappa shape index (κ2) is 4.94. The molecule has 1 aromatic rings. The maximum atomic E-state index is 5.18. The van der Waals surface area contributed by atoms with E-state index in [1.165, 1.54) is 12.1 Å². The van der Waals surface area contributed by atoms with Crippen molar-refractivity contribution in [2.75, 3.05) is 31.7 Å². The van der Waals surface area contributed by atoms with Gasteiger partial charge < -0.3 is 9.64 Å². The predicted octanol–water partition coefficient (Wildman–Crippen LogP) is 2.32. The van der Waals surface area contributed by atoms with E-state index in [-0.39, 0.29) is 0 Å². The van der Waals surface area contributed by atoms with Crippen molar-refractivity contribution in [3.05, 3.63) is 22.9 Å². The fourth-order valence-corrected chi connectivity index (χ4v) is 2.37. The topological polar surface area (TPSA) is 25.4 Å². The van der Waals surface area contributed by atoms with Crippen molar-refractivity contribution in [3.8, 4) is 0 Å². The standard InChI is InChI=1S/C11H15BrN2O/c1-15-8-9-2-3-14(7-9)11-4-10(12)5-13-6-11/h4-6,9H,2-3,7-8H2,1H3. The number of ether oxygens (including phenoxy) is 1. The molecule has 1 atom stereocenters. The SMILES string of the molecule is COCC1CCN(c2cncc(Br)c2)C1. The number of anilines is 1. The molecule has 2 rings (SSSR count). The zero-order valence-corrected chi connectivity index (χ0v) is 10.4. The smallest absolute Gasteiger partial charge is 0.0564 e. The summed E-state index contributed by atoms with van der Waals surface area (Å²) in [5, 5.41) is 0. The molecule has 82 valence electrons. The van der Waals surface area contributed by atoms with Gasteiger partial charge in [-0.1, -0.05) is 0 Å². The van der Waals surface area contributed by atoms with Crippen LogP contribution in [0.4, 0.5) is 5.69 Å². The zero-order valence-electron chi connectivity index (χ0n) is 8.82. The number of rotatable bonds is 3. The molecule has 1 unspecified atom stereocenters. The van der Waals surface area contributed by atoms with Crippen molar-refractivity contribution >= 4 is 21.6 Å². The molecule has 3 nitrogen and oxygen atoms in total. The van der Waals surface area contributed by atoms with Gasteiger partial charge in [-0.15, -0.1) is 0 Å². The van der Waals surface area contributed by atoms with Crippen molar-refractivity contribution in [2.24, 2.45) is 5.92 Å². The molecule has 0 saturated carbocycles. The molecule has 0 aliphatic carbocycles. The molecule has 0 amide bonds. The number of hydrogen-bond donors (Lipinski definition) is 0. The fraction of sp³-hybridized carbons (Fsp3) is 0.545. The van der Waals surface area contributed by atoms with Crippen LogP contribution >= 0.6 is 15.9 Å². The molecule has 0 aromatic carbocycles. The molecular weight excluding hydrogens is 256 g/mol. The summed E-state index contributed by atoms with van der Waals surface area (Å²) >= 11 is 3.44. The van der Waals surface area contributed by atoms with Gasteiger partial charge in [-0.3, -0.25) is 4.98 Å². The van der Waals surface area contributed by atoms with Crippen LogP contribution in [-0.2, 0) is 4.74 Å². The van der Waals surface area contributed by atoms with Gasteiger partial charge in [0.05, 0.1) is 18.5 Å². The van der Waals surface area contributed by atoms with Crippen LogP contribution in [0.25, 0.3) is 0 Å². The Kier molecular flexibility index (Phi) is 3.59. The Balaban J connectivity index is 2.01. The first kappa shape index (κ1) is 10.9. The summed E-state index contributed by atoms with van der Waals surface area (Å²) in [5.41, 5.74) is 1.20. The Morgan fingerprint density at radius 2 is 2.47 bits per heavy atom. The van der Waals surface area contributed by atoms with Crippen LogP contribution in [-0.4, -0.2) is 31.8 Å². The summed E-state index contributed by atoms with van der Waals surface area (Å²) < 4.78 is 6.22. The van der Waals surface area contributed by atoms with E-state index in [9.17, 15) is 0 Å². The van der Waals surface area contributed by atoms with Crippen LogP contribution in [0.1, 0.15) is 6.42 Å². The van der Waals surface area contributed by atoms with Crippen molar-refractivity contribution < 1.29 is 4.74 Å². The van der Waals surface area contributed by atoms with E-state index in [0.29, 0.717) is 5.92 Å². The van der Waals surface area contributed by atoms with Crippen LogP contribution in [0.3, 0.4) is 0 Å². The fourth-order valence-electron chi connectivity index (χ4n) is 2.01. The van der Waals surface area contributed by atoms with Crippen LogP contribution in [0.5, 0.6) is 0 Å². The number of aromatic nitrogens is 1. The molecule has 1 saturated heterocycles. The second-order valence-corrected chi connectivity index (χ2v) is 4.83. The zero-order chi connectivity index (χ0) is 10.7. The molecule has 4 heteroatoms. The first-order valence-corrected chi connectivity index (χ1v) is 5.93. The Hall–Kier alpha value is -0.610. The van der Waals surface area contributed by atoms with Gasteiger partial charge in [-0.2, -0.15) is 0 Å². The van der Waals surface area contributed by atoms with Crippen LogP contribution in [0.2, 0.25) is 0 Å². The molecule has 0 bridgehead atoms. The number of methoxy groups -OCH3 is 1. The van der Waals surface area contributed by atoms with Crippen LogP contribution < -0.4 is 4.90 Å². The quantitative estimate of drug-likeness (QED) is 0.843. The third kappa shape index (κ3) is 2.69. The molecule has 1 aromatic heterocycles. The minimum absolute atomic E-state index is 0.661. The summed E-state index contributed by atoms with van der Waals surface area (Å²) in [6, 6.07) is 2.11. The molecule has 1 aliphatic heterocycles. The average Bonchev–Trinajstić information content (AvgIpc) is 2.67. The van der Waals surface area contributed by atoms with Gasteiger partial charge in [-0.25, -0.2) is 0 Å². The Labute approximate surface area is 98.6 Å². The highest BCUT2D eigenvalue weighted by Gasteiger charge is 2.22. The van der Waals surface area contributed by atoms with Gasteiger partial charge in [0, 0.05) is 36.8 Å². The average molecular weight is 271 g/mol. The number of hydrogen-bond acceptors (Lipinski definition) is 3. The summed E-state index contributed by atoms with van der Waals surface area (Å²) in [6.45, 7) is 3.04. The molecular formula is C11H15BrN2O. The first-order chi connectivity index (χ1) is 7.29. The number of halogens is 1. The van der Waals surface area contributed by atoms with E-state index in [4.69, 9.17) is 4.74 Å². The summed E-state index contributed by atoms with van der Waals surface area (Å²) in [7, 11) is 1.77. The van der Waals surface area contributed by atoms with E-state index in [1.54, 1.807) is 7.11 Å². The number of pyridine rings is 1. The van der Waals surface area contributed by atoms with Crippen molar-refractivity contribution in [1.29, 1.82) is 0 Å². The van der Waals surface area contributed by atoms with Crippen molar-refractivity contribution in [1.82, 2.24) is 4.98 Å². The Morgan fingerprint density at radius 3 is 3.20 bits per heavy atom. The molecule has 0 spiro atoms. The maximum absolute atomic E-state index is 5.18. The molecule has 0 N–H and O–H groups in total. The molecule has 1 aliphatic rings. The second-order valence-electron chi connectivity index (χ2n) is 3.92. The van der Waals surface area contributed by atoms with E-state index in [2.05, 4.69) is 31.9 Å². The van der Waals surface area contributed by atoms with Gasteiger partial charge in [0.25, 0.3) is 0 Å². The highest BCUT2D eigenvalue weighted by Crippen LogP contribution is 2.25.